The van der Waals surface area contributed by atoms with Crippen LogP contribution in [0.25, 0.3) is 0 Å². The van der Waals surface area contributed by atoms with Crippen LogP contribution in [0.1, 0.15) is 12.0 Å². The van der Waals surface area contributed by atoms with E-state index in [2.05, 4.69) is 28.3 Å². The highest BCUT2D eigenvalue weighted by Crippen LogP contribution is 2.00. The molecule has 0 aromatic carbocycles. The molecule has 0 aliphatic heterocycles. The molecule has 0 saturated carbocycles. The van der Waals surface area contributed by atoms with Crippen molar-refractivity contribution in [1.82, 2.24) is 15.2 Å². The molecule has 0 spiro atoms. The summed E-state index contributed by atoms with van der Waals surface area (Å²) in [5.41, 5.74) is 1.30. The summed E-state index contributed by atoms with van der Waals surface area (Å²) in [5.74, 6) is 0. The minimum Gasteiger partial charge on any atom is -0.306 e. The molecule has 0 radical (unpaired) electrons. The van der Waals surface area contributed by atoms with Gasteiger partial charge in [0.2, 0.25) is 0 Å². The molecular formula is C13H20N4. The van der Waals surface area contributed by atoms with Crippen molar-refractivity contribution in [1.29, 1.82) is 5.26 Å². The standard InChI is InChI=1S/C13H20N4/c1-15-13(11-14)6-10-17(2)9-5-12-3-7-16-8-4-12/h3-4,7-8,13,15H,5-6,9-10H2,1-2H3. The van der Waals surface area contributed by atoms with Crippen LogP contribution in [0, 0.1) is 11.3 Å². The van der Waals surface area contributed by atoms with Gasteiger partial charge in [-0.25, -0.2) is 0 Å². The normalized spacial score (nSPS) is 12.4. The monoisotopic (exact) mass is 232 g/mol. The van der Waals surface area contributed by atoms with Gasteiger partial charge in [-0.3, -0.25) is 4.98 Å². The number of rotatable bonds is 7. The Labute approximate surface area is 103 Å². The summed E-state index contributed by atoms with van der Waals surface area (Å²) < 4.78 is 0. The van der Waals surface area contributed by atoms with Gasteiger partial charge in [-0.15, -0.1) is 0 Å². The van der Waals surface area contributed by atoms with Gasteiger partial charge >= 0.3 is 0 Å². The van der Waals surface area contributed by atoms with Gasteiger partial charge in [0, 0.05) is 25.5 Å². The first kappa shape index (κ1) is 13.6. The zero-order valence-corrected chi connectivity index (χ0v) is 10.6. The molecule has 1 aromatic rings. The number of aromatic nitrogens is 1. The minimum atomic E-state index is -0.0432. The first-order valence-electron chi connectivity index (χ1n) is 5.90. The van der Waals surface area contributed by atoms with Gasteiger partial charge in [0.1, 0.15) is 0 Å². The molecule has 1 heterocycles. The van der Waals surface area contributed by atoms with Crippen LogP contribution in [0.2, 0.25) is 0 Å². The van der Waals surface area contributed by atoms with E-state index in [1.807, 2.05) is 31.6 Å². The van der Waals surface area contributed by atoms with Crippen molar-refractivity contribution in [2.75, 3.05) is 27.2 Å². The van der Waals surface area contributed by atoms with Gasteiger partial charge in [0.05, 0.1) is 12.1 Å². The molecule has 0 amide bonds. The fourth-order valence-electron chi connectivity index (χ4n) is 1.60. The van der Waals surface area contributed by atoms with Crippen LogP contribution in [0.15, 0.2) is 24.5 Å². The van der Waals surface area contributed by atoms with Crippen LogP contribution in [0.3, 0.4) is 0 Å². The molecule has 1 aromatic heterocycles. The van der Waals surface area contributed by atoms with E-state index in [-0.39, 0.29) is 6.04 Å². The molecule has 1 N–H and O–H groups in total. The summed E-state index contributed by atoms with van der Waals surface area (Å²) >= 11 is 0. The summed E-state index contributed by atoms with van der Waals surface area (Å²) in [6.07, 6.45) is 5.53. The lowest BCUT2D eigenvalue weighted by molar-refractivity contribution is 0.324. The summed E-state index contributed by atoms with van der Waals surface area (Å²) in [6.45, 7) is 1.94. The molecule has 17 heavy (non-hydrogen) atoms. The third-order valence-corrected chi connectivity index (χ3v) is 2.84. The summed E-state index contributed by atoms with van der Waals surface area (Å²) in [6, 6.07) is 6.27. The lowest BCUT2D eigenvalue weighted by Crippen LogP contribution is -2.30. The van der Waals surface area contributed by atoms with Crippen LogP contribution in [-0.2, 0) is 6.42 Å². The molecule has 0 saturated heterocycles. The number of nitrogens with one attached hydrogen (secondary N) is 1. The van der Waals surface area contributed by atoms with E-state index in [0.717, 1.165) is 25.9 Å². The van der Waals surface area contributed by atoms with Gasteiger partial charge < -0.3 is 10.2 Å². The minimum absolute atomic E-state index is 0.0432. The molecule has 1 rings (SSSR count). The Balaban J connectivity index is 2.22. The fraction of sp³-hybridized carbons (Fsp3) is 0.538. The maximum Gasteiger partial charge on any atom is 0.0962 e. The predicted molar refractivity (Wildman–Crippen MR) is 68.5 cm³/mol. The van der Waals surface area contributed by atoms with Crippen molar-refractivity contribution in [3.63, 3.8) is 0 Å². The first-order chi connectivity index (χ1) is 8.26. The highest BCUT2D eigenvalue weighted by Gasteiger charge is 2.05. The molecule has 4 nitrogen and oxygen atoms in total. The zero-order valence-electron chi connectivity index (χ0n) is 10.6. The van der Waals surface area contributed by atoms with Crippen molar-refractivity contribution < 1.29 is 0 Å². The van der Waals surface area contributed by atoms with Crippen molar-refractivity contribution in [3.8, 4) is 6.07 Å². The van der Waals surface area contributed by atoms with Crippen molar-refractivity contribution in [2.45, 2.75) is 18.9 Å². The number of nitriles is 1. The van der Waals surface area contributed by atoms with Crippen LogP contribution in [-0.4, -0.2) is 43.1 Å². The average Bonchev–Trinajstić information content (AvgIpc) is 2.39. The third-order valence-electron chi connectivity index (χ3n) is 2.84. The molecular weight excluding hydrogens is 212 g/mol. The second kappa shape index (κ2) is 7.77. The summed E-state index contributed by atoms with van der Waals surface area (Å²) in [5, 5.41) is 11.8. The molecule has 0 bridgehead atoms. The van der Waals surface area contributed by atoms with Gasteiger partial charge in [-0.05, 0) is 44.6 Å². The Morgan fingerprint density at radius 2 is 2.12 bits per heavy atom. The van der Waals surface area contributed by atoms with Crippen LogP contribution in [0.5, 0.6) is 0 Å². The lowest BCUT2D eigenvalue weighted by Gasteiger charge is -2.18. The van der Waals surface area contributed by atoms with Gasteiger partial charge in [-0.1, -0.05) is 0 Å². The molecule has 1 unspecified atom stereocenters. The Kier molecular flexibility index (Phi) is 6.23. The highest BCUT2D eigenvalue weighted by atomic mass is 15.1. The molecule has 92 valence electrons. The average molecular weight is 232 g/mol. The van der Waals surface area contributed by atoms with E-state index in [9.17, 15) is 0 Å². The van der Waals surface area contributed by atoms with Gasteiger partial charge in [0.15, 0.2) is 0 Å². The molecule has 4 heteroatoms. The summed E-state index contributed by atoms with van der Waals surface area (Å²) in [4.78, 5) is 6.25. The van der Waals surface area contributed by atoms with Crippen molar-refractivity contribution >= 4 is 0 Å². The lowest BCUT2D eigenvalue weighted by atomic mass is 10.2. The van der Waals surface area contributed by atoms with E-state index in [1.54, 1.807) is 0 Å². The van der Waals surface area contributed by atoms with Crippen LogP contribution in [0.4, 0.5) is 0 Å². The van der Waals surface area contributed by atoms with Gasteiger partial charge in [0.25, 0.3) is 0 Å². The molecule has 0 aliphatic carbocycles. The van der Waals surface area contributed by atoms with E-state index in [1.165, 1.54) is 5.56 Å². The largest absolute Gasteiger partial charge is 0.306 e. The second-order valence-electron chi connectivity index (χ2n) is 4.17. The third kappa shape index (κ3) is 5.43. The Bertz CT molecular complexity index is 344. The number of pyridine rings is 1. The number of hydrogen-bond acceptors (Lipinski definition) is 4. The SMILES string of the molecule is CNC(C#N)CCN(C)CCc1ccncc1. The fourth-order valence-corrected chi connectivity index (χ4v) is 1.60. The Morgan fingerprint density at radius 1 is 1.41 bits per heavy atom. The molecule has 0 aliphatic rings. The Hall–Kier alpha value is -1.44. The predicted octanol–water partition coefficient (Wildman–Crippen LogP) is 1.06. The topological polar surface area (TPSA) is 52.0 Å². The van der Waals surface area contributed by atoms with E-state index >= 15 is 0 Å². The maximum absolute atomic E-state index is 8.81. The zero-order chi connectivity index (χ0) is 12.5. The highest BCUT2D eigenvalue weighted by molar-refractivity contribution is 5.09. The van der Waals surface area contributed by atoms with Crippen molar-refractivity contribution in [2.24, 2.45) is 0 Å². The van der Waals surface area contributed by atoms with E-state index in [0.29, 0.717) is 0 Å². The Morgan fingerprint density at radius 3 is 2.71 bits per heavy atom. The summed E-state index contributed by atoms with van der Waals surface area (Å²) in [7, 11) is 3.91. The van der Waals surface area contributed by atoms with Crippen molar-refractivity contribution in [3.05, 3.63) is 30.1 Å². The van der Waals surface area contributed by atoms with Gasteiger partial charge in [-0.2, -0.15) is 5.26 Å². The number of likely N-dealkylation sites (N-methyl/N-ethyl adjacent to an activating group) is 1. The first-order valence-corrected chi connectivity index (χ1v) is 5.90. The smallest absolute Gasteiger partial charge is 0.0962 e. The second-order valence-corrected chi connectivity index (χ2v) is 4.17. The number of nitrogens with zero attached hydrogens (tertiary/aromatic N) is 3. The number of hydrogen-bond donors (Lipinski definition) is 1. The quantitative estimate of drug-likeness (QED) is 0.763. The molecule has 0 fully saturated rings. The van der Waals surface area contributed by atoms with E-state index < -0.39 is 0 Å². The molecule has 1 atom stereocenters. The maximum atomic E-state index is 8.81. The van der Waals surface area contributed by atoms with Crippen LogP contribution >= 0.6 is 0 Å². The van der Waals surface area contributed by atoms with E-state index in [4.69, 9.17) is 5.26 Å². The van der Waals surface area contributed by atoms with Crippen LogP contribution < -0.4 is 5.32 Å².